The maximum absolute atomic E-state index is 10.4. The quantitative estimate of drug-likeness (QED) is 0.553. The lowest BCUT2D eigenvalue weighted by molar-refractivity contribution is -0.384. The van der Waals surface area contributed by atoms with Crippen molar-refractivity contribution in [1.29, 1.82) is 0 Å². The van der Waals surface area contributed by atoms with Crippen molar-refractivity contribution >= 4 is 5.69 Å². The lowest BCUT2D eigenvalue weighted by Gasteiger charge is -2.10. The molecule has 1 aromatic carbocycles. The van der Waals surface area contributed by atoms with Crippen molar-refractivity contribution in [2.24, 2.45) is 5.92 Å². The Morgan fingerprint density at radius 1 is 1.40 bits per heavy atom. The highest BCUT2D eigenvalue weighted by Crippen LogP contribution is 2.18. The van der Waals surface area contributed by atoms with Gasteiger partial charge in [0.15, 0.2) is 0 Å². The SMILES string of the molecule is CC[C@@H](C)COc1ccc([N+](=O)[O-])cc1. The predicted octanol–water partition coefficient (Wildman–Crippen LogP) is 3.02. The molecule has 0 spiro atoms. The Kier molecular flexibility index (Phi) is 4.09. The summed E-state index contributed by atoms with van der Waals surface area (Å²) in [6, 6.07) is 6.15. The molecule has 0 aromatic heterocycles. The zero-order valence-corrected chi connectivity index (χ0v) is 8.97. The molecule has 0 N–H and O–H groups in total. The van der Waals surface area contributed by atoms with Crippen LogP contribution in [0.15, 0.2) is 24.3 Å². The molecule has 0 aliphatic heterocycles. The monoisotopic (exact) mass is 209 g/mol. The third-order valence-electron chi connectivity index (χ3n) is 2.28. The van der Waals surface area contributed by atoms with Gasteiger partial charge < -0.3 is 4.74 Å². The minimum atomic E-state index is -0.418. The Labute approximate surface area is 89.0 Å². The Balaban J connectivity index is 2.53. The van der Waals surface area contributed by atoms with E-state index in [9.17, 15) is 10.1 Å². The van der Waals surface area contributed by atoms with Crippen LogP contribution in [0.5, 0.6) is 5.75 Å². The molecule has 1 aromatic rings. The molecule has 4 heteroatoms. The van der Waals surface area contributed by atoms with E-state index in [1.165, 1.54) is 12.1 Å². The summed E-state index contributed by atoms with van der Waals surface area (Å²) in [7, 11) is 0. The van der Waals surface area contributed by atoms with E-state index in [2.05, 4.69) is 13.8 Å². The van der Waals surface area contributed by atoms with E-state index < -0.39 is 4.92 Å². The average Bonchev–Trinajstić information content (AvgIpc) is 2.26. The molecule has 0 radical (unpaired) electrons. The topological polar surface area (TPSA) is 52.4 Å². The zero-order valence-electron chi connectivity index (χ0n) is 8.97. The number of hydrogen-bond acceptors (Lipinski definition) is 3. The molecule has 0 aliphatic carbocycles. The fourth-order valence-corrected chi connectivity index (χ4v) is 1.02. The molecule has 15 heavy (non-hydrogen) atoms. The van der Waals surface area contributed by atoms with Crippen molar-refractivity contribution in [3.05, 3.63) is 34.4 Å². The summed E-state index contributed by atoms with van der Waals surface area (Å²) in [5, 5.41) is 10.4. The smallest absolute Gasteiger partial charge is 0.269 e. The van der Waals surface area contributed by atoms with E-state index in [1.54, 1.807) is 12.1 Å². The van der Waals surface area contributed by atoms with Gasteiger partial charge in [0.2, 0.25) is 0 Å². The number of nitrogens with zero attached hydrogens (tertiary/aromatic N) is 1. The summed E-state index contributed by atoms with van der Waals surface area (Å²) >= 11 is 0. The Morgan fingerprint density at radius 3 is 2.47 bits per heavy atom. The van der Waals surface area contributed by atoms with Gasteiger partial charge in [-0.05, 0) is 18.1 Å². The summed E-state index contributed by atoms with van der Waals surface area (Å²) < 4.78 is 5.47. The molecule has 0 amide bonds. The average molecular weight is 209 g/mol. The van der Waals surface area contributed by atoms with Gasteiger partial charge >= 0.3 is 0 Å². The van der Waals surface area contributed by atoms with E-state index in [0.29, 0.717) is 18.3 Å². The molecule has 0 fully saturated rings. The molecule has 0 bridgehead atoms. The highest BCUT2D eigenvalue weighted by Gasteiger charge is 2.05. The van der Waals surface area contributed by atoms with E-state index in [0.717, 1.165) is 6.42 Å². The van der Waals surface area contributed by atoms with E-state index >= 15 is 0 Å². The first-order valence-electron chi connectivity index (χ1n) is 5.00. The van der Waals surface area contributed by atoms with Gasteiger partial charge in [-0.1, -0.05) is 20.3 Å². The van der Waals surface area contributed by atoms with Gasteiger partial charge in [0.1, 0.15) is 5.75 Å². The van der Waals surface area contributed by atoms with Crippen molar-refractivity contribution < 1.29 is 9.66 Å². The molecule has 82 valence electrons. The normalized spacial score (nSPS) is 12.1. The fourth-order valence-electron chi connectivity index (χ4n) is 1.02. The third-order valence-corrected chi connectivity index (χ3v) is 2.28. The van der Waals surface area contributed by atoms with Gasteiger partial charge in [0.05, 0.1) is 11.5 Å². The van der Waals surface area contributed by atoms with Crippen LogP contribution < -0.4 is 4.74 Å². The van der Waals surface area contributed by atoms with Gasteiger partial charge in [0.25, 0.3) is 5.69 Å². The molecular weight excluding hydrogens is 194 g/mol. The molecule has 1 atom stereocenters. The number of nitro benzene ring substituents is 1. The van der Waals surface area contributed by atoms with Gasteiger partial charge in [-0.15, -0.1) is 0 Å². The Morgan fingerprint density at radius 2 is 2.00 bits per heavy atom. The molecule has 0 unspecified atom stereocenters. The molecule has 4 nitrogen and oxygen atoms in total. The van der Waals surface area contributed by atoms with Crippen molar-refractivity contribution in [2.45, 2.75) is 20.3 Å². The van der Waals surface area contributed by atoms with E-state index in [-0.39, 0.29) is 5.69 Å². The maximum atomic E-state index is 10.4. The van der Waals surface area contributed by atoms with Gasteiger partial charge in [0, 0.05) is 12.1 Å². The van der Waals surface area contributed by atoms with Crippen LogP contribution in [-0.2, 0) is 0 Å². The first-order chi connectivity index (χ1) is 7.13. The molecule has 0 heterocycles. The number of hydrogen-bond donors (Lipinski definition) is 0. The van der Waals surface area contributed by atoms with Gasteiger partial charge in [-0.25, -0.2) is 0 Å². The summed E-state index contributed by atoms with van der Waals surface area (Å²) in [4.78, 5) is 9.97. The number of benzene rings is 1. The summed E-state index contributed by atoms with van der Waals surface area (Å²) in [5.41, 5.74) is 0.0888. The number of rotatable bonds is 5. The summed E-state index contributed by atoms with van der Waals surface area (Å²) in [6.45, 7) is 4.85. The lowest BCUT2D eigenvalue weighted by Crippen LogP contribution is -2.07. The van der Waals surface area contributed by atoms with Crippen LogP contribution in [-0.4, -0.2) is 11.5 Å². The first-order valence-corrected chi connectivity index (χ1v) is 5.00. The molecule has 1 rings (SSSR count). The lowest BCUT2D eigenvalue weighted by atomic mass is 10.1. The van der Waals surface area contributed by atoms with Crippen molar-refractivity contribution in [3.63, 3.8) is 0 Å². The zero-order chi connectivity index (χ0) is 11.3. The van der Waals surface area contributed by atoms with Crippen LogP contribution >= 0.6 is 0 Å². The molecular formula is C11H15NO3. The molecule has 0 aliphatic rings. The minimum Gasteiger partial charge on any atom is -0.493 e. The van der Waals surface area contributed by atoms with Crippen LogP contribution in [0.1, 0.15) is 20.3 Å². The van der Waals surface area contributed by atoms with Crippen LogP contribution in [0.3, 0.4) is 0 Å². The Bertz CT molecular complexity index is 321. The second kappa shape index (κ2) is 5.34. The van der Waals surface area contributed by atoms with Crippen LogP contribution in [0.25, 0.3) is 0 Å². The Hall–Kier alpha value is -1.58. The maximum Gasteiger partial charge on any atom is 0.269 e. The van der Waals surface area contributed by atoms with E-state index in [1.807, 2.05) is 0 Å². The minimum absolute atomic E-state index is 0.0888. The largest absolute Gasteiger partial charge is 0.493 e. The van der Waals surface area contributed by atoms with E-state index in [4.69, 9.17) is 4.74 Å². The highest BCUT2D eigenvalue weighted by molar-refractivity contribution is 5.35. The second-order valence-electron chi connectivity index (χ2n) is 3.58. The third kappa shape index (κ3) is 3.58. The van der Waals surface area contributed by atoms with Crippen LogP contribution in [0, 0.1) is 16.0 Å². The fraction of sp³-hybridized carbons (Fsp3) is 0.455. The summed E-state index contributed by atoms with van der Waals surface area (Å²) in [6.07, 6.45) is 1.06. The van der Waals surface area contributed by atoms with Gasteiger partial charge in [-0.2, -0.15) is 0 Å². The van der Waals surface area contributed by atoms with Crippen LogP contribution in [0.2, 0.25) is 0 Å². The standard InChI is InChI=1S/C11H15NO3/c1-3-9(2)8-15-11-6-4-10(5-7-11)12(13)14/h4-7,9H,3,8H2,1-2H3/t9-/m1/s1. The first kappa shape index (κ1) is 11.5. The van der Waals surface area contributed by atoms with Crippen molar-refractivity contribution in [2.75, 3.05) is 6.61 Å². The molecule has 0 saturated carbocycles. The predicted molar refractivity (Wildman–Crippen MR) is 58.0 cm³/mol. The highest BCUT2D eigenvalue weighted by atomic mass is 16.6. The van der Waals surface area contributed by atoms with Crippen molar-refractivity contribution in [1.82, 2.24) is 0 Å². The van der Waals surface area contributed by atoms with Crippen molar-refractivity contribution in [3.8, 4) is 5.75 Å². The summed E-state index contributed by atoms with van der Waals surface area (Å²) in [5.74, 6) is 1.18. The number of non-ortho nitro benzene ring substituents is 1. The van der Waals surface area contributed by atoms with Gasteiger partial charge in [-0.3, -0.25) is 10.1 Å². The number of nitro groups is 1. The van der Waals surface area contributed by atoms with Crippen LogP contribution in [0.4, 0.5) is 5.69 Å². The second-order valence-corrected chi connectivity index (χ2v) is 3.58. The molecule has 0 saturated heterocycles. The number of ether oxygens (including phenoxy) is 1.